The van der Waals surface area contributed by atoms with Gasteiger partial charge in [-0.15, -0.1) is 13.2 Å². The van der Waals surface area contributed by atoms with Crippen LogP contribution in [0.4, 0.5) is 13.2 Å². The Labute approximate surface area is 99.4 Å². The molecule has 0 amide bonds. The van der Waals surface area contributed by atoms with E-state index in [1.807, 2.05) is 0 Å². The molecule has 0 aliphatic heterocycles. The molecule has 0 N–H and O–H groups in total. The fourth-order valence-corrected chi connectivity index (χ4v) is 1.48. The van der Waals surface area contributed by atoms with Crippen LogP contribution in [0.1, 0.15) is 22.8 Å². The van der Waals surface area contributed by atoms with E-state index in [2.05, 4.69) is 4.74 Å². The van der Waals surface area contributed by atoms with Crippen LogP contribution >= 0.6 is 11.6 Å². The SMILES string of the molecule is CC(=O)c1c(Cl)ccc(C#N)c1OC(F)(F)F. The third kappa shape index (κ3) is 3.11. The number of ketones is 1. The number of halogens is 4. The largest absolute Gasteiger partial charge is 0.573 e. The Morgan fingerprint density at radius 3 is 2.47 bits per heavy atom. The zero-order chi connectivity index (χ0) is 13.2. The lowest BCUT2D eigenvalue weighted by Gasteiger charge is -2.14. The van der Waals surface area contributed by atoms with Crippen molar-refractivity contribution in [3.8, 4) is 11.8 Å². The van der Waals surface area contributed by atoms with Crippen molar-refractivity contribution < 1.29 is 22.7 Å². The number of hydrogen-bond acceptors (Lipinski definition) is 3. The van der Waals surface area contributed by atoms with Gasteiger partial charge in [0.1, 0.15) is 6.07 Å². The Morgan fingerprint density at radius 2 is 2.06 bits per heavy atom. The summed E-state index contributed by atoms with van der Waals surface area (Å²) in [6, 6.07) is 3.72. The summed E-state index contributed by atoms with van der Waals surface area (Å²) in [6.45, 7) is 1.03. The molecule has 0 saturated carbocycles. The zero-order valence-corrected chi connectivity index (χ0v) is 9.19. The van der Waals surface area contributed by atoms with Crippen LogP contribution in [-0.2, 0) is 0 Å². The lowest BCUT2D eigenvalue weighted by Crippen LogP contribution is -2.19. The number of alkyl halides is 3. The Balaban J connectivity index is 3.47. The molecule has 0 aromatic heterocycles. The van der Waals surface area contributed by atoms with E-state index in [4.69, 9.17) is 16.9 Å². The van der Waals surface area contributed by atoms with Crippen molar-refractivity contribution >= 4 is 17.4 Å². The maximum atomic E-state index is 12.1. The predicted octanol–water partition coefficient (Wildman–Crippen LogP) is 3.31. The second-order valence-corrected chi connectivity index (χ2v) is 3.42. The first kappa shape index (κ1) is 13.3. The van der Waals surface area contributed by atoms with Gasteiger partial charge in [0.2, 0.25) is 0 Å². The van der Waals surface area contributed by atoms with Gasteiger partial charge in [-0.05, 0) is 19.1 Å². The van der Waals surface area contributed by atoms with Crippen LogP contribution in [0.25, 0.3) is 0 Å². The van der Waals surface area contributed by atoms with Gasteiger partial charge in [0.05, 0.1) is 16.1 Å². The second-order valence-electron chi connectivity index (χ2n) is 3.01. The van der Waals surface area contributed by atoms with Crippen molar-refractivity contribution in [1.29, 1.82) is 5.26 Å². The molecule has 1 aromatic rings. The standard InChI is InChI=1S/C10H5ClF3NO2/c1-5(16)8-7(11)3-2-6(4-15)9(8)17-10(12,13)14/h2-3H,1H3. The summed E-state index contributed by atoms with van der Waals surface area (Å²) in [5.41, 5.74) is -0.861. The molecule has 0 aliphatic carbocycles. The molecule has 7 heteroatoms. The molecular formula is C10H5ClF3NO2. The summed E-state index contributed by atoms with van der Waals surface area (Å²) in [5.74, 6) is -1.58. The molecule has 0 atom stereocenters. The van der Waals surface area contributed by atoms with Crippen molar-refractivity contribution in [2.45, 2.75) is 13.3 Å². The summed E-state index contributed by atoms with van der Waals surface area (Å²) in [7, 11) is 0. The van der Waals surface area contributed by atoms with E-state index in [0.717, 1.165) is 13.0 Å². The van der Waals surface area contributed by atoms with E-state index in [1.165, 1.54) is 12.1 Å². The Bertz CT molecular complexity index is 505. The fraction of sp³-hybridized carbons (Fsp3) is 0.200. The summed E-state index contributed by atoms with van der Waals surface area (Å²) in [6.07, 6.45) is -5.00. The van der Waals surface area contributed by atoms with Gasteiger partial charge in [-0.25, -0.2) is 0 Å². The molecule has 0 fully saturated rings. The van der Waals surface area contributed by atoms with Crippen molar-refractivity contribution in [3.05, 3.63) is 28.3 Å². The molecule has 17 heavy (non-hydrogen) atoms. The highest BCUT2D eigenvalue weighted by Crippen LogP contribution is 2.34. The molecule has 0 aliphatic rings. The fourth-order valence-electron chi connectivity index (χ4n) is 1.20. The van der Waals surface area contributed by atoms with E-state index in [0.29, 0.717) is 0 Å². The van der Waals surface area contributed by atoms with E-state index in [9.17, 15) is 18.0 Å². The van der Waals surface area contributed by atoms with Crippen molar-refractivity contribution in [2.75, 3.05) is 0 Å². The van der Waals surface area contributed by atoms with Gasteiger partial charge in [0, 0.05) is 0 Å². The smallest absolute Gasteiger partial charge is 0.404 e. The topological polar surface area (TPSA) is 50.1 Å². The number of hydrogen-bond donors (Lipinski definition) is 0. The van der Waals surface area contributed by atoms with E-state index < -0.39 is 29.0 Å². The molecule has 1 rings (SSSR count). The van der Waals surface area contributed by atoms with Crippen LogP contribution in [0.5, 0.6) is 5.75 Å². The predicted molar refractivity (Wildman–Crippen MR) is 52.9 cm³/mol. The van der Waals surface area contributed by atoms with Gasteiger partial charge >= 0.3 is 6.36 Å². The Kier molecular flexibility index (Phi) is 3.63. The van der Waals surface area contributed by atoms with Crippen LogP contribution in [0, 0.1) is 11.3 Å². The van der Waals surface area contributed by atoms with Crippen LogP contribution in [0.3, 0.4) is 0 Å². The van der Waals surface area contributed by atoms with Gasteiger partial charge in [0.15, 0.2) is 11.5 Å². The number of ether oxygens (including phenoxy) is 1. The molecular weight excluding hydrogens is 259 g/mol. The summed E-state index contributed by atoms with van der Waals surface area (Å²) in [4.78, 5) is 11.2. The first-order chi connectivity index (χ1) is 7.76. The zero-order valence-electron chi connectivity index (χ0n) is 8.43. The maximum absolute atomic E-state index is 12.1. The number of nitrogens with zero attached hydrogens (tertiary/aromatic N) is 1. The Hall–Kier alpha value is -1.74. The van der Waals surface area contributed by atoms with Crippen molar-refractivity contribution in [2.24, 2.45) is 0 Å². The molecule has 0 spiro atoms. The number of carbonyl (C=O) groups is 1. The van der Waals surface area contributed by atoms with E-state index >= 15 is 0 Å². The van der Waals surface area contributed by atoms with Gasteiger partial charge in [-0.2, -0.15) is 5.26 Å². The summed E-state index contributed by atoms with van der Waals surface area (Å²) < 4.78 is 40.1. The maximum Gasteiger partial charge on any atom is 0.573 e. The minimum absolute atomic E-state index is 0.198. The lowest BCUT2D eigenvalue weighted by molar-refractivity contribution is -0.274. The van der Waals surface area contributed by atoms with Crippen LogP contribution < -0.4 is 4.74 Å². The molecule has 3 nitrogen and oxygen atoms in total. The van der Waals surface area contributed by atoms with Crippen molar-refractivity contribution in [3.63, 3.8) is 0 Å². The molecule has 0 saturated heterocycles. The Morgan fingerprint density at radius 1 is 1.47 bits per heavy atom. The van der Waals surface area contributed by atoms with E-state index in [1.54, 1.807) is 0 Å². The molecule has 90 valence electrons. The van der Waals surface area contributed by atoms with E-state index in [-0.39, 0.29) is 5.02 Å². The van der Waals surface area contributed by atoms with Crippen LogP contribution in [-0.4, -0.2) is 12.1 Å². The first-order valence-electron chi connectivity index (χ1n) is 4.25. The molecule has 0 bridgehead atoms. The normalized spacial score (nSPS) is 10.8. The summed E-state index contributed by atoms with van der Waals surface area (Å²) >= 11 is 5.60. The van der Waals surface area contributed by atoms with Gasteiger partial charge in [-0.3, -0.25) is 4.79 Å². The van der Waals surface area contributed by atoms with Crippen LogP contribution in [0.2, 0.25) is 5.02 Å². The monoisotopic (exact) mass is 263 g/mol. The number of nitriles is 1. The third-order valence-electron chi connectivity index (χ3n) is 1.80. The molecule has 0 heterocycles. The molecule has 1 aromatic carbocycles. The summed E-state index contributed by atoms with van der Waals surface area (Å²) in [5, 5.41) is 8.46. The average Bonchev–Trinajstić information content (AvgIpc) is 2.15. The number of benzene rings is 1. The number of Topliss-reactive ketones (excluding diaryl/α,β-unsaturated/α-hetero) is 1. The minimum atomic E-state index is -5.00. The highest BCUT2D eigenvalue weighted by Gasteiger charge is 2.34. The first-order valence-corrected chi connectivity index (χ1v) is 4.63. The number of rotatable bonds is 2. The van der Waals surface area contributed by atoms with Crippen molar-refractivity contribution in [1.82, 2.24) is 0 Å². The highest BCUT2D eigenvalue weighted by molar-refractivity contribution is 6.34. The number of carbonyl (C=O) groups excluding carboxylic acids is 1. The van der Waals surface area contributed by atoms with Gasteiger partial charge in [-0.1, -0.05) is 11.6 Å². The quantitative estimate of drug-likeness (QED) is 0.769. The molecule has 0 unspecified atom stereocenters. The highest BCUT2D eigenvalue weighted by atomic mass is 35.5. The van der Waals surface area contributed by atoms with Crippen LogP contribution in [0.15, 0.2) is 12.1 Å². The lowest BCUT2D eigenvalue weighted by atomic mass is 10.1. The van der Waals surface area contributed by atoms with Gasteiger partial charge in [0.25, 0.3) is 0 Å². The minimum Gasteiger partial charge on any atom is -0.404 e. The average molecular weight is 264 g/mol. The van der Waals surface area contributed by atoms with Gasteiger partial charge < -0.3 is 4.74 Å². The third-order valence-corrected chi connectivity index (χ3v) is 2.11. The molecule has 0 radical (unpaired) electrons. The second kappa shape index (κ2) is 4.63.